The van der Waals surface area contributed by atoms with E-state index < -0.39 is 18.2 Å². The highest BCUT2D eigenvalue weighted by molar-refractivity contribution is 7.22. The van der Waals surface area contributed by atoms with Gasteiger partial charge in [-0.2, -0.15) is 0 Å². The predicted octanol–water partition coefficient (Wildman–Crippen LogP) is 2.91. The zero-order valence-corrected chi connectivity index (χ0v) is 19.1. The van der Waals surface area contributed by atoms with Crippen LogP contribution in [-0.2, 0) is 16.5 Å². The van der Waals surface area contributed by atoms with Crippen molar-refractivity contribution < 1.29 is 19.0 Å². The minimum Gasteiger partial charge on any atom is -0.386 e. The van der Waals surface area contributed by atoms with Crippen molar-refractivity contribution in [1.29, 1.82) is 0 Å². The third-order valence-corrected chi connectivity index (χ3v) is 7.50. The van der Waals surface area contributed by atoms with Gasteiger partial charge in [0, 0.05) is 17.9 Å². The Hall–Kier alpha value is -2.40. The van der Waals surface area contributed by atoms with Crippen LogP contribution in [0.5, 0.6) is 0 Å². The van der Waals surface area contributed by atoms with Crippen LogP contribution in [0, 0.1) is 12.7 Å². The monoisotopic (exact) mass is 460 g/mol. The number of pyridine rings is 1. The number of hydrogen-bond acceptors (Lipinski definition) is 8. The van der Waals surface area contributed by atoms with Crippen LogP contribution < -0.4 is 10.9 Å². The SMILES string of the molecule is Cc1c(-c2nc(N[C@@H]3C[C@H]4CO[C@H](O4)[C@H]3O)ncc2F)sc2c(C(C)C)cn(C)c(=O)c12. The number of hydrogen-bond donors (Lipinski definition) is 2. The van der Waals surface area contributed by atoms with E-state index in [2.05, 4.69) is 29.1 Å². The molecule has 2 aliphatic heterocycles. The van der Waals surface area contributed by atoms with Crippen molar-refractivity contribution in [2.75, 3.05) is 11.9 Å². The number of fused-ring (bicyclic) bond motifs is 3. The van der Waals surface area contributed by atoms with E-state index >= 15 is 0 Å². The molecule has 2 N–H and O–H groups in total. The number of aryl methyl sites for hydroxylation is 2. The van der Waals surface area contributed by atoms with Gasteiger partial charge in [-0.15, -0.1) is 11.3 Å². The first-order valence-electron chi connectivity index (χ1n) is 10.6. The van der Waals surface area contributed by atoms with Gasteiger partial charge < -0.3 is 24.5 Å². The van der Waals surface area contributed by atoms with Crippen LogP contribution >= 0.6 is 11.3 Å². The molecule has 0 unspecified atom stereocenters. The Morgan fingerprint density at radius 2 is 2.19 bits per heavy atom. The molecular formula is C22H25FN4O4S. The maximum atomic E-state index is 14.9. The summed E-state index contributed by atoms with van der Waals surface area (Å²) in [4.78, 5) is 22.0. The Bertz CT molecular complexity index is 1260. The molecule has 32 heavy (non-hydrogen) atoms. The number of nitrogens with zero attached hydrogens (tertiary/aromatic N) is 3. The summed E-state index contributed by atoms with van der Waals surface area (Å²) < 4.78 is 28.3. The molecule has 3 aromatic heterocycles. The molecule has 10 heteroatoms. The summed E-state index contributed by atoms with van der Waals surface area (Å²) in [5.41, 5.74) is 1.76. The van der Waals surface area contributed by atoms with Crippen molar-refractivity contribution in [3.05, 3.63) is 39.7 Å². The van der Waals surface area contributed by atoms with Crippen molar-refractivity contribution in [2.45, 2.75) is 57.6 Å². The minimum atomic E-state index is -0.881. The first-order chi connectivity index (χ1) is 15.2. The fourth-order valence-corrected chi connectivity index (χ4v) is 5.85. The molecule has 0 aromatic carbocycles. The van der Waals surface area contributed by atoms with E-state index in [9.17, 15) is 14.3 Å². The number of ether oxygens (including phenoxy) is 2. The van der Waals surface area contributed by atoms with Crippen LogP contribution in [0.4, 0.5) is 10.3 Å². The zero-order valence-electron chi connectivity index (χ0n) is 18.3. The van der Waals surface area contributed by atoms with Crippen molar-refractivity contribution in [2.24, 2.45) is 7.05 Å². The molecule has 2 aliphatic rings. The third-order valence-electron chi connectivity index (χ3n) is 6.15. The van der Waals surface area contributed by atoms with Crippen LogP contribution in [0.15, 0.2) is 17.2 Å². The minimum absolute atomic E-state index is 0.101. The van der Waals surface area contributed by atoms with Crippen molar-refractivity contribution in [3.8, 4) is 10.6 Å². The summed E-state index contributed by atoms with van der Waals surface area (Å²) in [5, 5.41) is 14.2. The smallest absolute Gasteiger partial charge is 0.259 e. The fraction of sp³-hybridized carbons (Fsp3) is 0.500. The highest BCUT2D eigenvalue weighted by atomic mass is 32.1. The van der Waals surface area contributed by atoms with Crippen molar-refractivity contribution in [3.63, 3.8) is 0 Å². The number of aliphatic hydroxyl groups is 1. The highest BCUT2D eigenvalue weighted by Gasteiger charge is 2.43. The molecule has 2 bridgehead atoms. The Morgan fingerprint density at radius 1 is 1.41 bits per heavy atom. The van der Waals surface area contributed by atoms with E-state index in [1.807, 2.05) is 13.1 Å². The molecule has 3 aromatic rings. The molecule has 5 heterocycles. The van der Waals surface area contributed by atoms with Gasteiger partial charge in [0.05, 0.1) is 35.2 Å². The van der Waals surface area contributed by atoms with Gasteiger partial charge in [-0.25, -0.2) is 14.4 Å². The molecule has 170 valence electrons. The zero-order chi connectivity index (χ0) is 22.7. The summed E-state index contributed by atoms with van der Waals surface area (Å²) in [6, 6.07) is -0.372. The van der Waals surface area contributed by atoms with Gasteiger partial charge in [0.2, 0.25) is 5.95 Å². The Kier molecular flexibility index (Phi) is 5.28. The van der Waals surface area contributed by atoms with E-state index in [0.717, 1.165) is 16.5 Å². The summed E-state index contributed by atoms with van der Waals surface area (Å²) in [7, 11) is 1.73. The summed E-state index contributed by atoms with van der Waals surface area (Å²) in [5.74, 6) is -0.153. The molecular weight excluding hydrogens is 435 g/mol. The predicted molar refractivity (Wildman–Crippen MR) is 120 cm³/mol. The molecule has 2 saturated heterocycles. The van der Waals surface area contributed by atoms with Crippen molar-refractivity contribution >= 4 is 27.4 Å². The molecule has 2 fully saturated rings. The Morgan fingerprint density at radius 3 is 2.94 bits per heavy atom. The number of nitrogens with one attached hydrogen (secondary N) is 1. The molecule has 0 radical (unpaired) electrons. The Balaban J connectivity index is 1.57. The molecule has 0 saturated carbocycles. The normalized spacial score (nSPS) is 25.1. The van der Waals surface area contributed by atoms with E-state index in [-0.39, 0.29) is 35.3 Å². The van der Waals surface area contributed by atoms with E-state index in [0.29, 0.717) is 28.9 Å². The van der Waals surface area contributed by atoms with Gasteiger partial charge >= 0.3 is 0 Å². The number of aromatic nitrogens is 3. The van der Waals surface area contributed by atoms with Crippen LogP contribution in [0.1, 0.15) is 37.3 Å². The van der Waals surface area contributed by atoms with Gasteiger partial charge in [-0.1, -0.05) is 13.8 Å². The summed E-state index contributed by atoms with van der Waals surface area (Å²) in [6.45, 7) is 6.39. The summed E-state index contributed by atoms with van der Waals surface area (Å²) in [6.07, 6.45) is 1.84. The Labute approximate surface area is 188 Å². The van der Waals surface area contributed by atoms with Crippen LogP contribution in [0.3, 0.4) is 0 Å². The lowest BCUT2D eigenvalue weighted by Gasteiger charge is -2.32. The average Bonchev–Trinajstić information content (AvgIpc) is 3.32. The lowest BCUT2D eigenvalue weighted by Crippen LogP contribution is -2.48. The molecule has 4 atom stereocenters. The standard InChI is InChI=1S/C22H25FN4O4S/c1-9(2)12-7-27(4)20(29)15-10(3)18(32-19(12)15)16-13(23)6-24-22(26-16)25-14-5-11-8-30-21(31-11)17(14)28/h6-7,9,11,14,17,21,28H,5,8H2,1-4H3,(H,24,25,26)/t11-,14+,17-,21+/m0/s1. The van der Waals surface area contributed by atoms with E-state index in [4.69, 9.17) is 9.47 Å². The van der Waals surface area contributed by atoms with Crippen molar-refractivity contribution in [1.82, 2.24) is 14.5 Å². The van der Waals surface area contributed by atoms with Gasteiger partial charge in [0.15, 0.2) is 12.1 Å². The lowest BCUT2D eigenvalue weighted by molar-refractivity contribution is -0.156. The topological polar surface area (TPSA) is 98.5 Å². The first kappa shape index (κ1) is 21.4. The molecule has 0 spiro atoms. The quantitative estimate of drug-likeness (QED) is 0.618. The fourth-order valence-electron chi connectivity index (χ4n) is 4.41. The summed E-state index contributed by atoms with van der Waals surface area (Å²) >= 11 is 1.37. The molecule has 8 nitrogen and oxygen atoms in total. The number of aliphatic hydroxyl groups excluding tert-OH is 1. The third kappa shape index (κ3) is 3.42. The molecule has 5 rings (SSSR count). The van der Waals surface area contributed by atoms with E-state index in [1.54, 1.807) is 11.6 Å². The van der Waals surface area contributed by atoms with Gasteiger partial charge in [0.25, 0.3) is 5.56 Å². The second-order valence-corrected chi connectivity index (χ2v) is 9.76. The maximum absolute atomic E-state index is 14.9. The highest BCUT2D eigenvalue weighted by Crippen LogP contribution is 2.40. The van der Waals surface area contributed by atoms with Gasteiger partial charge in [0.1, 0.15) is 11.8 Å². The van der Waals surface area contributed by atoms with Crippen LogP contribution in [0.2, 0.25) is 0 Å². The number of thiophene rings is 1. The van der Waals surface area contributed by atoms with Gasteiger partial charge in [-0.05, 0) is 30.4 Å². The molecule has 0 aliphatic carbocycles. The molecule has 0 amide bonds. The number of halogens is 1. The van der Waals surface area contributed by atoms with E-state index in [1.165, 1.54) is 11.3 Å². The lowest BCUT2D eigenvalue weighted by atomic mass is 10.0. The maximum Gasteiger partial charge on any atom is 0.259 e. The first-order valence-corrected chi connectivity index (χ1v) is 11.4. The van der Waals surface area contributed by atoms with Crippen LogP contribution in [-0.4, -0.2) is 50.8 Å². The second kappa shape index (κ2) is 7.87. The number of rotatable bonds is 4. The average molecular weight is 461 g/mol. The van der Waals surface area contributed by atoms with Gasteiger partial charge in [-0.3, -0.25) is 4.79 Å². The van der Waals surface area contributed by atoms with Crippen LogP contribution in [0.25, 0.3) is 20.7 Å². The number of anilines is 1. The largest absolute Gasteiger partial charge is 0.386 e. The second-order valence-electron chi connectivity index (χ2n) is 8.74.